The molecule has 82 valence electrons. The van der Waals surface area contributed by atoms with Crippen molar-refractivity contribution in [1.29, 1.82) is 5.41 Å². The van der Waals surface area contributed by atoms with Crippen LogP contribution in [-0.2, 0) is 11.3 Å². The Kier molecular flexibility index (Phi) is 3.68. The molecule has 1 aromatic carbocycles. The Balaban J connectivity index is 3.35. The summed E-state index contributed by atoms with van der Waals surface area (Å²) in [5.41, 5.74) is 7.99. The molecule has 1 rings (SSSR count). The van der Waals surface area contributed by atoms with Crippen LogP contribution in [0.5, 0.6) is 5.75 Å². The maximum atomic E-state index is 7.54. The lowest BCUT2D eigenvalue weighted by Crippen LogP contribution is -2.16. The van der Waals surface area contributed by atoms with Gasteiger partial charge in [0.15, 0.2) is 0 Å². The van der Waals surface area contributed by atoms with Crippen LogP contribution in [0.1, 0.15) is 16.7 Å². The average molecular weight is 208 g/mol. The van der Waals surface area contributed by atoms with Crippen LogP contribution in [-0.4, -0.2) is 20.1 Å². The minimum Gasteiger partial charge on any atom is -0.496 e. The lowest BCUT2D eigenvalue weighted by Gasteiger charge is -2.14. The molecule has 0 fully saturated rings. The predicted octanol–water partition coefficient (Wildman–Crippen LogP) is 1.43. The smallest absolute Gasteiger partial charge is 0.133 e. The molecule has 3 N–H and O–H groups in total. The normalized spacial score (nSPS) is 10.1. The van der Waals surface area contributed by atoms with Crippen LogP contribution in [0, 0.1) is 12.3 Å². The summed E-state index contributed by atoms with van der Waals surface area (Å²) in [5, 5.41) is 7.54. The van der Waals surface area contributed by atoms with Crippen molar-refractivity contribution in [3.05, 3.63) is 28.8 Å². The van der Waals surface area contributed by atoms with Gasteiger partial charge in [-0.05, 0) is 18.1 Å². The quantitative estimate of drug-likeness (QED) is 0.581. The predicted molar refractivity (Wildman–Crippen MR) is 59.5 cm³/mol. The van der Waals surface area contributed by atoms with Crippen molar-refractivity contribution in [2.24, 2.45) is 5.73 Å². The van der Waals surface area contributed by atoms with Gasteiger partial charge in [-0.2, -0.15) is 0 Å². The van der Waals surface area contributed by atoms with E-state index in [0.29, 0.717) is 17.9 Å². The molecule has 0 saturated heterocycles. The van der Waals surface area contributed by atoms with Gasteiger partial charge in [-0.3, -0.25) is 5.41 Å². The molecule has 0 bridgehead atoms. The van der Waals surface area contributed by atoms with Crippen molar-refractivity contribution in [1.82, 2.24) is 0 Å². The van der Waals surface area contributed by atoms with Gasteiger partial charge in [-0.15, -0.1) is 0 Å². The second kappa shape index (κ2) is 4.79. The number of methoxy groups -OCH3 is 2. The van der Waals surface area contributed by atoms with E-state index < -0.39 is 0 Å². The molecule has 0 saturated carbocycles. The van der Waals surface area contributed by atoms with E-state index in [0.717, 1.165) is 11.1 Å². The average Bonchev–Trinajstić information content (AvgIpc) is 2.20. The summed E-state index contributed by atoms with van der Waals surface area (Å²) >= 11 is 0. The van der Waals surface area contributed by atoms with Gasteiger partial charge in [0.2, 0.25) is 0 Å². The van der Waals surface area contributed by atoms with Gasteiger partial charge < -0.3 is 15.2 Å². The van der Waals surface area contributed by atoms with Crippen LogP contribution in [0.25, 0.3) is 0 Å². The lowest BCUT2D eigenvalue weighted by atomic mass is 10.0. The largest absolute Gasteiger partial charge is 0.496 e. The summed E-state index contributed by atoms with van der Waals surface area (Å²) in [5.74, 6) is 0.652. The summed E-state index contributed by atoms with van der Waals surface area (Å²) in [4.78, 5) is 0. The molecule has 0 spiro atoms. The lowest BCUT2D eigenvalue weighted by molar-refractivity contribution is 0.184. The molecular weight excluding hydrogens is 192 g/mol. The summed E-state index contributed by atoms with van der Waals surface area (Å²) < 4.78 is 10.3. The summed E-state index contributed by atoms with van der Waals surface area (Å²) in [6.45, 7) is 2.34. The minimum atomic E-state index is 0.00241. The molecule has 1 aromatic rings. The third-order valence-electron chi connectivity index (χ3n) is 2.21. The Morgan fingerprint density at radius 3 is 2.53 bits per heavy atom. The highest BCUT2D eigenvalue weighted by Gasteiger charge is 2.14. The zero-order valence-corrected chi connectivity index (χ0v) is 9.26. The number of nitrogens with one attached hydrogen (secondary N) is 1. The van der Waals surface area contributed by atoms with Gasteiger partial charge in [0, 0.05) is 7.11 Å². The Morgan fingerprint density at radius 2 is 2.07 bits per heavy atom. The van der Waals surface area contributed by atoms with Gasteiger partial charge in [0.05, 0.1) is 19.3 Å². The Labute approximate surface area is 89.5 Å². The fraction of sp³-hybridized carbons (Fsp3) is 0.364. The maximum Gasteiger partial charge on any atom is 0.133 e. The zero-order chi connectivity index (χ0) is 11.4. The number of aryl methyl sites for hydroxylation is 1. The molecule has 0 unspecified atom stereocenters. The number of ether oxygens (including phenoxy) is 2. The van der Waals surface area contributed by atoms with Crippen LogP contribution in [0.2, 0.25) is 0 Å². The van der Waals surface area contributed by atoms with Crippen LogP contribution in [0.15, 0.2) is 12.1 Å². The van der Waals surface area contributed by atoms with Crippen molar-refractivity contribution in [2.75, 3.05) is 14.2 Å². The van der Waals surface area contributed by atoms with E-state index in [1.165, 1.54) is 0 Å². The van der Waals surface area contributed by atoms with Crippen LogP contribution in [0.4, 0.5) is 0 Å². The van der Waals surface area contributed by atoms with Gasteiger partial charge in [0.25, 0.3) is 0 Å². The van der Waals surface area contributed by atoms with E-state index >= 15 is 0 Å². The standard InChI is InChI=1S/C11H16N2O2/c1-7-4-5-8(6-14-2)9(11(12)13)10(7)15-3/h4-5H,6H2,1-3H3,(H3,12,13). The Hall–Kier alpha value is -1.55. The van der Waals surface area contributed by atoms with Crippen molar-refractivity contribution < 1.29 is 9.47 Å². The number of nitrogen functional groups attached to an aromatic ring is 1. The third-order valence-corrected chi connectivity index (χ3v) is 2.21. The molecule has 4 nitrogen and oxygen atoms in total. The molecule has 15 heavy (non-hydrogen) atoms. The first-order valence-electron chi connectivity index (χ1n) is 4.61. The topological polar surface area (TPSA) is 68.3 Å². The highest BCUT2D eigenvalue weighted by molar-refractivity contribution is 5.99. The number of hydrogen-bond donors (Lipinski definition) is 2. The number of nitrogens with two attached hydrogens (primary N) is 1. The minimum absolute atomic E-state index is 0.00241. The van der Waals surface area contributed by atoms with E-state index in [1.54, 1.807) is 14.2 Å². The first-order valence-corrected chi connectivity index (χ1v) is 4.61. The van der Waals surface area contributed by atoms with E-state index in [4.69, 9.17) is 20.6 Å². The highest BCUT2D eigenvalue weighted by atomic mass is 16.5. The molecule has 0 amide bonds. The molecule has 0 aromatic heterocycles. The van der Waals surface area contributed by atoms with Gasteiger partial charge in [0.1, 0.15) is 11.6 Å². The van der Waals surface area contributed by atoms with Gasteiger partial charge in [-0.25, -0.2) is 0 Å². The van der Waals surface area contributed by atoms with E-state index in [9.17, 15) is 0 Å². The molecule has 0 heterocycles. The number of rotatable bonds is 4. The summed E-state index contributed by atoms with van der Waals surface area (Å²) in [6.07, 6.45) is 0. The second-order valence-corrected chi connectivity index (χ2v) is 3.30. The highest BCUT2D eigenvalue weighted by Crippen LogP contribution is 2.26. The monoisotopic (exact) mass is 208 g/mol. The molecule has 0 aliphatic carbocycles. The Bertz CT molecular complexity index is 375. The molecular formula is C11H16N2O2. The zero-order valence-electron chi connectivity index (χ0n) is 9.26. The molecule has 0 aliphatic heterocycles. The van der Waals surface area contributed by atoms with Crippen molar-refractivity contribution >= 4 is 5.84 Å². The summed E-state index contributed by atoms with van der Waals surface area (Å²) in [6, 6.07) is 3.83. The van der Waals surface area contributed by atoms with E-state index in [-0.39, 0.29) is 5.84 Å². The van der Waals surface area contributed by atoms with Gasteiger partial charge >= 0.3 is 0 Å². The Morgan fingerprint density at radius 1 is 1.40 bits per heavy atom. The second-order valence-electron chi connectivity index (χ2n) is 3.30. The van der Waals surface area contributed by atoms with E-state index in [1.807, 2.05) is 19.1 Å². The van der Waals surface area contributed by atoms with E-state index in [2.05, 4.69) is 0 Å². The maximum absolute atomic E-state index is 7.54. The van der Waals surface area contributed by atoms with Gasteiger partial charge in [-0.1, -0.05) is 12.1 Å². The number of amidine groups is 1. The summed E-state index contributed by atoms with van der Waals surface area (Å²) in [7, 11) is 3.18. The third kappa shape index (κ3) is 2.27. The van der Waals surface area contributed by atoms with Crippen molar-refractivity contribution in [2.45, 2.75) is 13.5 Å². The molecule has 0 radical (unpaired) electrons. The van der Waals surface area contributed by atoms with Crippen LogP contribution >= 0.6 is 0 Å². The molecule has 0 atom stereocenters. The van der Waals surface area contributed by atoms with Crippen molar-refractivity contribution in [3.63, 3.8) is 0 Å². The van der Waals surface area contributed by atoms with Crippen LogP contribution < -0.4 is 10.5 Å². The molecule has 4 heteroatoms. The first kappa shape index (κ1) is 11.5. The van der Waals surface area contributed by atoms with Crippen LogP contribution in [0.3, 0.4) is 0 Å². The van der Waals surface area contributed by atoms with Crippen molar-refractivity contribution in [3.8, 4) is 5.75 Å². The fourth-order valence-electron chi connectivity index (χ4n) is 1.56. The SMILES string of the molecule is COCc1ccc(C)c(OC)c1C(=N)N. The number of benzene rings is 1. The molecule has 0 aliphatic rings. The fourth-order valence-corrected chi connectivity index (χ4v) is 1.56. The first-order chi connectivity index (χ1) is 7.11. The number of hydrogen-bond acceptors (Lipinski definition) is 3.